The predicted octanol–water partition coefficient (Wildman–Crippen LogP) is 2.04. The van der Waals surface area contributed by atoms with Gasteiger partial charge in [0.25, 0.3) is 0 Å². The number of carbonyl (C=O) groups is 1. The molecule has 1 aliphatic heterocycles. The molecule has 1 N–H and O–H groups in total. The van der Waals surface area contributed by atoms with Crippen LogP contribution in [0, 0.1) is 0 Å². The van der Waals surface area contributed by atoms with Crippen LogP contribution in [-0.4, -0.2) is 40.4 Å². The predicted molar refractivity (Wildman–Crippen MR) is 73.3 cm³/mol. The van der Waals surface area contributed by atoms with Crippen molar-refractivity contribution < 1.29 is 4.79 Å². The van der Waals surface area contributed by atoms with E-state index in [-0.39, 0.29) is 12.5 Å². The van der Waals surface area contributed by atoms with E-state index in [1.165, 1.54) is 0 Å². The molecule has 102 valence electrons. The Bertz CT molecular complexity index is 484. The van der Waals surface area contributed by atoms with Gasteiger partial charge in [0.1, 0.15) is 16.8 Å². The number of nitrogens with one attached hydrogen (secondary N) is 1. The number of hydrogen-bond acceptors (Lipinski definition) is 4. The number of anilines is 1. The first-order valence-electron chi connectivity index (χ1n) is 6.78. The number of rotatable bonds is 4. The third kappa shape index (κ3) is 3.15. The van der Waals surface area contributed by atoms with Crippen LogP contribution in [0.2, 0.25) is 5.15 Å². The van der Waals surface area contributed by atoms with Crippen molar-refractivity contribution in [3.05, 3.63) is 17.0 Å². The topological polar surface area (TPSA) is 58.1 Å². The number of nitrogens with zero attached hydrogens (tertiary/aromatic N) is 3. The lowest BCUT2D eigenvalue weighted by molar-refractivity contribution is -0.128. The van der Waals surface area contributed by atoms with E-state index in [9.17, 15) is 4.79 Å². The Morgan fingerprint density at radius 3 is 2.79 bits per heavy atom. The highest BCUT2D eigenvalue weighted by Crippen LogP contribution is 2.38. The lowest BCUT2D eigenvalue weighted by Gasteiger charge is -2.15. The van der Waals surface area contributed by atoms with E-state index in [1.807, 2.05) is 4.90 Å². The molecule has 2 heterocycles. The molecule has 1 saturated heterocycles. The second kappa shape index (κ2) is 5.33. The lowest BCUT2D eigenvalue weighted by Crippen LogP contribution is -2.33. The monoisotopic (exact) mass is 280 g/mol. The summed E-state index contributed by atoms with van der Waals surface area (Å²) in [6.45, 7) is 2.02. The van der Waals surface area contributed by atoms with Crippen LogP contribution in [0.25, 0.3) is 0 Å². The van der Waals surface area contributed by atoms with E-state index < -0.39 is 0 Å². The molecule has 0 spiro atoms. The average molecular weight is 281 g/mol. The Balaban J connectivity index is 1.61. The maximum absolute atomic E-state index is 11.9. The van der Waals surface area contributed by atoms with Crippen LogP contribution < -0.4 is 5.32 Å². The van der Waals surface area contributed by atoms with Crippen molar-refractivity contribution in [1.82, 2.24) is 14.9 Å². The number of hydrogen-bond donors (Lipinski definition) is 1. The number of carbonyl (C=O) groups excluding carboxylic acids is 1. The minimum Gasteiger partial charge on any atom is -0.361 e. The van der Waals surface area contributed by atoms with Crippen LogP contribution in [0.1, 0.15) is 37.4 Å². The minimum absolute atomic E-state index is 0.125. The number of halogens is 1. The van der Waals surface area contributed by atoms with Crippen LogP contribution in [0.3, 0.4) is 0 Å². The van der Waals surface area contributed by atoms with Gasteiger partial charge in [0.2, 0.25) is 5.91 Å². The van der Waals surface area contributed by atoms with E-state index in [4.69, 9.17) is 11.6 Å². The Labute approximate surface area is 117 Å². The fourth-order valence-corrected chi connectivity index (χ4v) is 2.48. The Kier molecular flexibility index (Phi) is 3.55. The summed E-state index contributed by atoms with van der Waals surface area (Å²) in [4.78, 5) is 22.4. The van der Waals surface area contributed by atoms with Gasteiger partial charge in [-0.3, -0.25) is 4.79 Å². The number of aromatic nitrogens is 2. The SMILES string of the molecule is O=C(CNc1cc(Cl)nc(C2CC2)n1)N1CCCC1. The first kappa shape index (κ1) is 12.7. The fourth-order valence-electron chi connectivity index (χ4n) is 2.29. The van der Waals surface area contributed by atoms with Gasteiger partial charge in [-0.2, -0.15) is 0 Å². The zero-order valence-corrected chi connectivity index (χ0v) is 11.5. The summed E-state index contributed by atoms with van der Waals surface area (Å²) >= 11 is 5.98. The van der Waals surface area contributed by atoms with Crippen LogP contribution in [0.15, 0.2) is 6.07 Å². The van der Waals surface area contributed by atoms with Gasteiger partial charge in [-0.25, -0.2) is 9.97 Å². The Morgan fingerprint density at radius 1 is 1.37 bits per heavy atom. The highest BCUT2D eigenvalue weighted by atomic mass is 35.5. The normalized spacial score (nSPS) is 18.7. The third-order valence-corrected chi connectivity index (χ3v) is 3.73. The highest BCUT2D eigenvalue weighted by molar-refractivity contribution is 6.29. The minimum atomic E-state index is 0.125. The van der Waals surface area contributed by atoms with Crippen LogP contribution in [0.4, 0.5) is 5.82 Å². The van der Waals surface area contributed by atoms with Gasteiger partial charge < -0.3 is 10.2 Å². The molecule has 0 bridgehead atoms. The molecule has 1 amide bonds. The standard InChI is InChI=1S/C13H17ClN4O/c14-10-7-11(17-13(16-10)9-3-4-9)15-8-12(19)18-5-1-2-6-18/h7,9H,1-6,8H2,(H,15,16,17). The van der Waals surface area contributed by atoms with Crippen LogP contribution >= 0.6 is 11.6 Å². The summed E-state index contributed by atoms with van der Waals surface area (Å²) in [5, 5.41) is 3.50. The van der Waals surface area contributed by atoms with Gasteiger partial charge in [0.15, 0.2) is 0 Å². The molecular weight excluding hydrogens is 264 g/mol. The first-order valence-corrected chi connectivity index (χ1v) is 7.16. The molecule has 0 radical (unpaired) electrons. The Morgan fingerprint density at radius 2 is 2.11 bits per heavy atom. The van der Waals surface area contributed by atoms with Crippen molar-refractivity contribution in [2.45, 2.75) is 31.6 Å². The second-order valence-corrected chi connectivity index (χ2v) is 5.54. The van der Waals surface area contributed by atoms with Crippen molar-refractivity contribution in [2.75, 3.05) is 25.0 Å². The molecule has 2 aliphatic rings. The summed E-state index contributed by atoms with van der Waals surface area (Å²) in [5.41, 5.74) is 0. The lowest BCUT2D eigenvalue weighted by atomic mass is 10.4. The van der Waals surface area contributed by atoms with E-state index in [2.05, 4.69) is 15.3 Å². The van der Waals surface area contributed by atoms with E-state index >= 15 is 0 Å². The van der Waals surface area contributed by atoms with Gasteiger partial charge >= 0.3 is 0 Å². The van der Waals surface area contributed by atoms with Crippen molar-refractivity contribution in [1.29, 1.82) is 0 Å². The second-order valence-electron chi connectivity index (χ2n) is 5.15. The van der Waals surface area contributed by atoms with Gasteiger partial charge in [0.05, 0.1) is 6.54 Å². The third-order valence-electron chi connectivity index (χ3n) is 3.53. The maximum Gasteiger partial charge on any atom is 0.241 e. The molecule has 0 unspecified atom stereocenters. The molecule has 1 aliphatic carbocycles. The van der Waals surface area contributed by atoms with Gasteiger partial charge in [-0.15, -0.1) is 0 Å². The molecule has 6 heteroatoms. The summed E-state index contributed by atoms with van der Waals surface area (Å²) < 4.78 is 0. The zero-order valence-electron chi connectivity index (χ0n) is 10.7. The molecule has 1 aromatic heterocycles. The first-order chi connectivity index (χ1) is 9.22. The molecule has 5 nitrogen and oxygen atoms in total. The van der Waals surface area contributed by atoms with Crippen LogP contribution in [0.5, 0.6) is 0 Å². The molecule has 0 aromatic carbocycles. The maximum atomic E-state index is 11.9. The van der Waals surface area contributed by atoms with Crippen LogP contribution in [-0.2, 0) is 4.79 Å². The van der Waals surface area contributed by atoms with Gasteiger partial charge in [-0.05, 0) is 25.7 Å². The summed E-state index contributed by atoms with van der Waals surface area (Å²) in [6.07, 6.45) is 4.48. The molecule has 3 rings (SSSR count). The Hall–Kier alpha value is -1.36. The van der Waals surface area contributed by atoms with E-state index in [1.54, 1.807) is 6.07 Å². The summed E-state index contributed by atoms with van der Waals surface area (Å²) in [6, 6.07) is 1.67. The smallest absolute Gasteiger partial charge is 0.241 e. The highest BCUT2D eigenvalue weighted by Gasteiger charge is 2.27. The van der Waals surface area contributed by atoms with Crippen molar-refractivity contribution in [3.63, 3.8) is 0 Å². The largest absolute Gasteiger partial charge is 0.361 e. The zero-order chi connectivity index (χ0) is 13.2. The average Bonchev–Trinajstić information content (AvgIpc) is 3.11. The summed E-state index contributed by atoms with van der Waals surface area (Å²) in [7, 11) is 0. The van der Waals surface area contributed by atoms with Gasteiger partial charge in [-0.1, -0.05) is 11.6 Å². The van der Waals surface area contributed by atoms with E-state index in [0.717, 1.165) is 44.6 Å². The molecule has 19 heavy (non-hydrogen) atoms. The van der Waals surface area contributed by atoms with Crippen molar-refractivity contribution in [2.24, 2.45) is 0 Å². The van der Waals surface area contributed by atoms with E-state index in [0.29, 0.717) is 16.9 Å². The molecule has 0 atom stereocenters. The van der Waals surface area contributed by atoms with Gasteiger partial charge in [0, 0.05) is 25.1 Å². The number of likely N-dealkylation sites (tertiary alicyclic amines) is 1. The fraction of sp³-hybridized carbons (Fsp3) is 0.615. The van der Waals surface area contributed by atoms with Crippen molar-refractivity contribution >= 4 is 23.3 Å². The quantitative estimate of drug-likeness (QED) is 0.858. The number of amides is 1. The molecule has 2 fully saturated rings. The molecular formula is C13H17ClN4O. The molecule has 1 aromatic rings. The van der Waals surface area contributed by atoms with Crippen molar-refractivity contribution in [3.8, 4) is 0 Å². The molecule has 1 saturated carbocycles. The summed E-state index contributed by atoms with van der Waals surface area (Å²) in [5.74, 6) is 2.02.